The van der Waals surface area contributed by atoms with Crippen molar-refractivity contribution in [1.29, 1.82) is 0 Å². The maximum absolute atomic E-state index is 14.9. The summed E-state index contributed by atoms with van der Waals surface area (Å²) in [7, 11) is 0. The van der Waals surface area contributed by atoms with Crippen LogP contribution >= 0.6 is 0 Å². The highest BCUT2D eigenvalue weighted by Gasteiger charge is 2.46. The highest BCUT2D eigenvalue weighted by Crippen LogP contribution is 2.57. The number of fused-ring (bicyclic) bond motifs is 1. The lowest BCUT2D eigenvalue weighted by Gasteiger charge is -2.29. The van der Waals surface area contributed by atoms with Crippen molar-refractivity contribution in [2.24, 2.45) is 11.8 Å². The predicted molar refractivity (Wildman–Crippen MR) is 143 cm³/mol. The van der Waals surface area contributed by atoms with Crippen molar-refractivity contribution in [3.05, 3.63) is 88.5 Å². The van der Waals surface area contributed by atoms with Crippen molar-refractivity contribution >= 4 is 0 Å². The number of hydrogen-bond donors (Lipinski definition) is 0. The average Bonchev–Trinajstić information content (AvgIpc) is 3.54. The lowest BCUT2D eigenvalue weighted by atomic mass is 9.94. The van der Waals surface area contributed by atoms with Crippen molar-refractivity contribution in [2.75, 3.05) is 19.8 Å². The van der Waals surface area contributed by atoms with Gasteiger partial charge in [-0.1, -0.05) is 18.7 Å². The minimum atomic E-state index is -1.35. The molecule has 2 saturated carbocycles. The van der Waals surface area contributed by atoms with Crippen LogP contribution in [0, 0.1) is 31.5 Å². The van der Waals surface area contributed by atoms with Gasteiger partial charge in [-0.3, -0.25) is 0 Å². The van der Waals surface area contributed by atoms with Gasteiger partial charge in [-0.05, 0) is 109 Å². The first-order valence-electron chi connectivity index (χ1n) is 13.2. The van der Waals surface area contributed by atoms with E-state index in [4.69, 9.17) is 14.2 Å². The van der Waals surface area contributed by atoms with Gasteiger partial charge in [0.15, 0.2) is 0 Å². The maximum Gasteiger partial charge on any atom is 0.149 e. The van der Waals surface area contributed by atoms with Crippen molar-refractivity contribution in [2.45, 2.75) is 58.7 Å². The second-order valence-corrected chi connectivity index (χ2v) is 10.8. The fraction of sp³-hybridized carbons (Fsp3) is 0.438. The SMILES string of the molecule is C=C(/C=C1/C[C@H]2C[C@H]2/C1=C/C)OCc1cc(-c2c(C)cc(OCC3(F)CCOCC3)cc2C)ccc1F. The maximum atomic E-state index is 14.9. The molecule has 3 nitrogen and oxygen atoms in total. The Balaban J connectivity index is 1.27. The molecule has 1 saturated heterocycles. The Bertz CT molecular complexity index is 1230. The summed E-state index contributed by atoms with van der Waals surface area (Å²) in [5.74, 6) is 2.39. The zero-order valence-electron chi connectivity index (χ0n) is 22.0. The van der Waals surface area contributed by atoms with Crippen LogP contribution < -0.4 is 4.74 Å². The third-order valence-corrected chi connectivity index (χ3v) is 7.96. The van der Waals surface area contributed by atoms with Crippen LogP contribution in [-0.2, 0) is 16.1 Å². The lowest BCUT2D eigenvalue weighted by molar-refractivity contribution is -0.0323. The monoisotopic (exact) mass is 506 g/mol. The van der Waals surface area contributed by atoms with E-state index in [2.05, 4.69) is 19.6 Å². The molecule has 0 spiro atoms. The van der Waals surface area contributed by atoms with Gasteiger partial charge in [-0.25, -0.2) is 8.78 Å². The molecule has 3 aliphatic rings. The highest BCUT2D eigenvalue weighted by molar-refractivity contribution is 5.72. The minimum absolute atomic E-state index is 0.0174. The first-order valence-corrected chi connectivity index (χ1v) is 13.2. The number of hydrogen-bond acceptors (Lipinski definition) is 3. The smallest absolute Gasteiger partial charge is 0.149 e. The standard InChI is InChI=1S/C32H36F2O3/c1-5-28-24(16-25-17-29(25)28)14-22(4)36-18-26-15-23(6-7-30(26)33)31-20(2)12-27(13-21(31)3)37-19-32(34)8-10-35-11-9-32/h5-7,12-15,25,29H,4,8-11,16-19H2,1-3H3/b24-14-,28-5+/t25-,29+/m0/s1. The van der Waals surface area contributed by atoms with E-state index < -0.39 is 5.67 Å². The highest BCUT2D eigenvalue weighted by atomic mass is 19.1. The summed E-state index contributed by atoms with van der Waals surface area (Å²) in [5, 5.41) is 0. The topological polar surface area (TPSA) is 27.7 Å². The summed E-state index contributed by atoms with van der Waals surface area (Å²) in [6.07, 6.45) is 7.28. The molecule has 0 amide bonds. The van der Waals surface area contributed by atoms with E-state index in [-0.39, 0.29) is 19.0 Å². The van der Waals surface area contributed by atoms with E-state index in [0.717, 1.165) is 34.6 Å². The molecular formula is C32H36F2O3. The molecule has 0 unspecified atom stereocenters. The zero-order valence-corrected chi connectivity index (χ0v) is 22.0. The summed E-state index contributed by atoms with van der Waals surface area (Å²) in [4.78, 5) is 0. The van der Waals surface area contributed by atoms with E-state index in [0.29, 0.717) is 49.0 Å². The lowest BCUT2D eigenvalue weighted by Crippen LogP contribution is -2.37. The summed E-state index contributed by atoms with van der Waals surface area (Å²) in [5.41, 5.74) is 5.74. The summed E-state index contributed by atoms with van der Waals surface area (Å²) < 4.78 is 46.6. The molecular weight excluding hydrogens is 470 g/mol. The number of aryl methyl sites for hydroxylation is 2. The van der Waals surface area contributed by atoms with Crippen LogP contribution in [0.4, 0.5) is 8.78 Å². The second-order valence-electron chi connectivity index (χ2n) is 10.8. The third-order valence-electron chi connectivity index (χ3n) is 7.96. The van der Waals surface area contributed by atoms with E-state index in [1.807, 2.05) is 38.1 Å². The Morgan fingerprint density at radius 3 is 2.59 bits per heavy atom. The number of halogens is 2. The third kappa shape index (κ3) is 5.67. The Morgan fingerprint density at radius 2 is 1.89 bits per heavy atom. The van der Waals surface area contributed by atoms with E-state index >= 15 is 0 Å². The van der Waals surface area contributed by atoms with Crippen molar-refractivity contribution in [1.82, 2.24) is 0 Å². The van der Waals surface area contributed by atoms with Crippen molar-refractivity contribution in [3.8, 4) is 16.9 Å². The largest absolute Gasteiger partial charge is 0.490 e. The van der Waals surface area contributed by atoms with Gasteiger partial charge < -0.3 is 14.2 Å². The molecule has 0 aromatic heterocycles. The molecule has 0 radical (unpaired) electrons. The average molecular weight is 507 g/mol. The van der Waals surface area contributed by atoms with Crippen molar-refractivity contribution in [3.63, 3.8) is 0 Å². The molecule has 196 valence electrons. The van der Waals surface area contributed by atoms with Gasteiger partial charge in [-0.2, -0.15) is 0 Å². The van der Waals surface area contributed by atoms with Crippen LogP contribution in [0.3, 0.4) is 0 Å². The van der Waals surface area contributed by atoms with Gasteiger partial charge in [-0.15, -0.1) is 0 Å². The van der Waals surface area contributed by atoms with Crippen LogP contribution in [0.1, 0.15) is 49.3 Å². The number of alkyl halides is 1. The molecule has 5 rings (SSSR count). The predicted octanol–water partition coefficient (Wildman–Crippen LogP) is 7.95. The van der Waals surface area contributed by atoms with Crippen LogP contribution in [0.25, 0.3) is 11.1 Å². The Hall–Kier alpha value is -2.92. The van der Waals surface area contributed by atoms with Crippen LogP contribution in [0.2, 0.25) is 0 Å². The summed E-state index contributed by atoms with van der Waals surface area (Å²) in [6, 6.07) is 8.95. The second kappa shape index (κ2) is 10.4. The molecule has 37 heavy (non-hydrogen) atoms. The molecule has 2 aliphatic carbocycles. The van der Waals surface area contributed by atoms with E-state index in [1.165, 1.54) is 23.6 Å². The van der Waals surface area contributed by atoms with Gasteiger partial charge in [0.05, 0.1) is 0 Å². The number of rotatable bonds is 8. The molecule has 2 atom stereocenters. The first-order chi connectivity index (χ1) is 17.8. The molecule has 1 heterocycles. The molecule has 1 aliphatic heterocycles. The molecule has 0 bridgehead atoms. The van der Waals surface area contributed by atoms with Gasteiger partial charge in [0.1, 0.15) is 36.2 Å². The molecule has 2 aromatic rings. The van der Waals surface area contributed by atoms with E-state index in [1.54, 1.807) is 6.07 Å². The van der Waals surface area contributed by atoms with Gasteiger partial charge in [0.25, 0.3) is 0 Å². The molecule has 3 fully saturated rings. The van der Waals surface area contributed by atoms with Gasteiger partial charge >= 0.3 is 0 Å². The van der Waals surface area contributed by atoms with Crippen LogP contribution in [-0.4, -0.2) is 25.5 Å². The normalized spacial score (nSPS) is 24.2. The minimum Gasteiger partial charge on any atom is -0.490 e. The van der Waals surface area contributed by atoms with Gasteiger partial charge in [0, 0.05) is 31.6 Å². The van der Waals surface area contributed by atoms with Crippen LogP contribution in [0.5, 0.6) is 5.75 Å². The number of benzene rings is 2. The molecule has 5 heteroatoms. The Labute approximate surface area is 218 Å². The Morgan fingerprint density at radius 1 is 1.16 bits per heavy atom. The number of ether oxygens (including phenoxy) is 3. The number of allylic oxidation sites excluding steroid dienone is 4. The molecule has 2 aromatic carbocycles. The fourth-order valence-corrected chi connectivity index (χ4v) is 5.84. The van der Waals surface area contributed by atoms with Crippen LogP contribution in [0.15, 0.2) is 66.0 Å². The summed E-state index contributed by atoms with van der Waals surface area (Å²) >= 11 is 0. The van der Waals surface area contributed by atoms with Crippen molar-refractivity contribution < 1.29 is 23.0 Å². The summed E-state index contributed by atoms with van der Waals surface area (Å²) in [6.45, 7) is 11.1. The van der Waals surface area contributed by atoms with Gasteiger partial charge in [0.2, 0.25) is 0 Å². The quantitative estimate of drug-likeness (QED) is 0.340. The van der Waals surface area contributed by atoms with E-state index in [9.17, 15) is 8.78 Å². The fourth-order valence-electron chi connectivity index (χ4n) is 5.84. The first kappa shape index (κ1) is 25.7. The molecule has 0 N–H and O–H groups in total. The Kier molecular flexibility index (Phi) is 7.26. The zero-order chi connectivity index (χ0) is 26.2.